The Hall–Kier alpha value is -1.36. The zero-order valence-electron chi connectivity index (χ0n) is 9.17. The van der Waals surface area contributed by atoms with Crippen molar-refractivity contribution in [2.45, 2.75) is 19.4 Å². The van der Waals surface area contributed by atoms with Crippen molar-refractivity contribution in [2.24, 2.45) is 5.73 Å². The summed E-state index contributed by atoms with van der Waals surface area (Å²) in [6.07, 6.45) is 1.75. The summed E-state index contributed by atoms with van der Waals surface area (Å²) in [5.74, 6) is -0.211. The van der Waals surface area contributed by atoms with Crippen LogP contribution in [0.1, 0.15) is 13.3 Å². The second-order valence-corrected chi connectivity index (χ2v) is 4.08. The van der Waals surface area contributed by atoms with Gasteiger partial charge in [-0.3, -0.25) is 5.41 Å². The number of hydrogen-bond acceptors (Lipinski definition) is 3. The van der Waals surface area contributed by atoms with Gasteiger partial charge in [0.05, 0.1) is 10.9 Å². The molecule has 16 heavy (non-hydrogen) atoms. The highest BCUT2D eigenvalue weighted by Crippen LogP contribution is 2.20. The van der Waals surface area contributed by atoms with Gasteiger partial charge in [0.1, 0.15) is 0 Å². The summed E-state index contributed by atoms with van der Waals surface area (Å²) in [6.45, 7) is 1.84. The van der Waals surface area contributed by atoms with Gasteiger partial charge in [0, 0.05) is 25.7 Å². The molecule has 0 amide bonds. The third kappa shape index (κ3) is 3.06. The number of anilines is 1. The van der Waals surface area contributed by atoms with Gasteiger partial charge >= 0.3 is 0 Å². The van der Waals surface area contributed by atoms with Crippen molar-refractivity contribution in [3.8, 4) is 0 Å². The molecule has 0 saturated carbocycles. The Bertz CT molecular complexity index is 396. The molecule has 0 aliphatic rings. The van der Waals surface area contributed by atoms with Crippen molar-refractivity contribution in [1.29, 1.82) is 5.41 Å². The summed E-state index contributed by atoms with van der Waals surface area (Å²) in [7, 11) is 1.70. The topological polar surface area (TPSA) is 66.0 Å². The molecule has 0 bridgehead atoms. The molecule has 0 aliphatic heterocycles. The van der Waals surface area contributed by atoms with Gasteiger partial charge in [-0.2, -0.15) is 0 Å². The van der Waals surface area contributed by atoms with Crippen LogP contribution in [0.15, 0.2) is 12.3 Å². The molecule has 0 aromatic carbocycles. The number of nitrogens with one attached hydrogen (secondary N) is 1. The van der Waals surface area contributed by atoms with Crippen molar-refractivity contribution in [3.05, 3.63) is 23.1 Å². The molecule has 0 fully saturated rings. The largest absolute Gasteiger partial charge is 0.388 e. The number of aromatic nitrogens is 1. The number of pyridine rings is 1. The Morgan fingerprint density at radius 1 is 1.75 bits per heavy atom. The molecule has 6 heteroatoms. The van der Waals surface area contributed by atoms with Crippen molar-refractivity contribution < 1.29 is 4.39 Å². The molecule has 1 aromatic heterocycles. The first kappa shape index (κ1) is 12.7. The van der Waals surface area contributed by atoms with E-state index in [4.69, 9.17) is 22.7 Å². The molecule has 4 nitrogen and oxygen atoms in total. The molecule has 1 unspecified atom stereocenters. The van der Waals surface area contributed by atoms with Crippen LogP contribution in [0.3, 0.4) is 0 Å². The van der Waals surface area contributed by atoms with Crippen molar-refractivity contribution in [2.75, 3.05) is 11.9 Å². The fourth-order valence-electron chi connectivity index (χ4n) is 1.33. The van der Waals surface area contributed by atoms with Gasteiger partial charge in [-0.25, -0.2) is 9.37 Å². The maximum absolute atomic E-state index is 13.5. The lowest BCUT2D eigenvalue weighted by Gasteiger charge is -2.25. The standard InChI is InChI=1S/C10H14ClFN4/c1-6(3-9(13)14)16(2)10-8(12)4-7(11)5-15-10/h4-6H,3H2,1-2H3,(H3,13,14). The SMILES string of the molecule is CC(CC(=N)N)N(C)c1ncc(Cl)cc1F. The molecule has 0 spiro atoms. The van der Waals surface area contributed by atoms with Crippen LogP contribution in [0.4, 0.5) is 10.2 Å². The average molecular weight is 245 g/mol. The van der Waals surface area contributed by atoms with Gasteiger partial charge in [0.2, 0.25) is 0 Å². The Balaban J connectivity index is 2.87. The third-order valence-electron chi connectivity index (χ3n) is 2.30. The molecular formula is C10H14ClFN4. The first-order chi connectivity index (χ1) is 7.41. The quantitative estimate of drug-likeness (QED) is 0.629. The highest BCUT2D eigenvalue weighted by atomic mass is 35.5. The van der Waals surface area contributed by atoms with Crippen LogP contribution in [0.5, 0.6) is 0 Å². The number of amidine groups is 1. The number of nitrogens with zero attached hydrogens (tertiary/aromatic N) is 2. The van der Waals surface area contributed by atoms with Crippen molar-refractivity contribution in [1.82, 2.24) is 4.98 Å². The van der Waals surface area contributed by atoms with Crippen LogP contribution in [0.25, 0.3) is 0 Å². The molecule has 88 valence electrons. The van der Waals surface area contributed by atoms with Crippen molar-refractivity contribution in [3.63, 3.8) is 0 Å². The lowest BCUT2D eigenvalue weighted by atomic mass is 10.2. The zero-order chi connectivity index (χ0) is 12.3. The van der Waals surface area contributed by atoms with Crippen LogP contribution in [0, 0.1) is 11.2 Å². The van der Waals surface area contributed by atoms with E-state index in [-0.39, 0.29) is 22.7 Å². The van der Waals surface area contributed by atoms with E-state index in [1.807, 2.05) is 6.92 Å². The summed E-state index contributed by atoms with van der Waals surface area (Å²) in [5.41, 5.74) is 5.29. The predicted molar refractivity (Wildman–Crippen MR) is 63.6 cm³/mol. The molecule has 1 atom stereocenters. The van der Waals surface area contributed by atoms with Gasteiger partial charge in [0.25, 0.3) is 0 Å². The second kappa shape index (κ2) is 5.12. The lowest BCUT2D eigenvalue weighted by molar-refractivity contribution is 0.599. The lowest BCUT2D eigenvalue weighted by Crippen LogP contribution is -2.34. The number of nitrogens with two attached hydrogens (primary N) is 1. The highest BCUT2D eigenvalue weighted by Gasteiger charge is 2.16. The average Bonchev–Trinajstić information content (AvgIpc) is 2.15. The van der Waals surface area contributed by atoms with E-state index in [0.29, 0.717) is 6.42 Å². The van der Waals surface area contributed by atoms with E-state index < -0.39 is 5.82 Å². The van der Waals surface area contributed by atoms with Crippen LogP contribution >= 0.6 is 11.6 Å². The minimum atomic E-state index is -0.481. The molecule has 0 aliphatic carbocycles. The zero-order valence-corrected chi connectivity index (χ0v) is 9.92. The van der Waals surface area contributed by atoms with Gasteiger partial charge < -0.3 is 10.6 Å². The Morgan fingerprint density at radius 2 is 2.38 bits per heavy atom. The van der Waals surface area contributed by atoms with E-state index in [1.165, 1.54) is 12.3 Å². The summed E-state index contributed by atoms with van der Waals surface area (Å²) in [4.78, 5) is 5.55. The molecule has 1 rings (SSSR count). The van der Waals surface area contributed by atoms with Gasteiger partial charge in [-0.1, -0.05) is 11.6 Å². The van der Waals surface area contributed by atoms with Crippen LogP contribution in [-0.2, 0) is 0 Å². The molecular weight excluding hydrogens is 231 g/mol. The summed E-state index contributed by atoms with van der Waals surface area (Å²) < 4.78 is 13.5. The van der Waals surface area contributed by atoms with E-state index in [0.717, 1.165) is 0 Å². The maximum atomic E-state index is 13.5. The molecule has 1 heterocycles. The highest BCUT2D eigenvalue weighted by molar-refractivity contribution is 6.30. The summed E-state index contributed by atoms with van der Waals surface area (Å²) in [5, 5.41) is 7.44. The Kier molecular flexibility index (Phi) is 4.06. The minimum Gasteiger partial charge on any atom is -0.388 e. The Labute approximate surface area is 98.7 Å². The first-order valence-corrected chi connectivity index (χ1v) is 5.16. The van der Waals surface area contributed by atoms with Gasteiger partial charge in [-0.15, -0.1) is 0 Å². The smallest absolute Gasteiger partial charge is 0.167 e. The third-order valence-corrected chi connectivity index (χ3v) is 2.51. The Morgan fingerprint density at radius 3 is 2.88 bits per heavy atom. The first-order valence-electron chi connectivity index (χ1n) is 4.78. The van der Waals surface area contributed by atoms with Crippen molar-refractivity contribution >= 4 is 23.3 Å². The van der Waals surface area contributed by atoms with Gasteiger partial charge in [-0.05, 0) is 13.0 Å². The second-order valence-electron chi connectivity index (χ2n) is 3.65. The molecule has 0 saturated heterocycles. The molecule has 3 N–H and O–H groups in total. The van der Waals surface area contributed by atoms with E-state index in [9.17, 15) is 4.39 Å². The normalized spacial score (nSPS) is 12.2. The van der Waals surface area contributed by atoms with Crippen LogP contribution in [0.2, 0.25) is 5.02 Å². The number of hydrogen-bond donors (Lipinski definition) is 2. The fraction of sp³-hybridized carbons (Fsp3) is 0.400. The summed E-state index contributed by atoms with van der Waals surface area (Å²) in [6, 6.07) is 1.11. The van der Waals surface area contributed by atoms with Crippen LogP contribution in [-0.4, -0.2) is 23.9 Å². The monoisotopic (exact) mass is 244 g/mol. The number of halogens is 2. The van der Waals surface area contributed by atoms with Gasteiger partial charge in [0.15, 0.2) is 11.6 Å². The number of rotatable bonds is 4. The maximum Gasteiger partial charge on any atom is 0.167 e. The van der Waals surface area contributed by atoms with E-state index >= 15 is 0 Å². The summed E-state index contributed by atoms with van der Waals surface area (Å²) >= 11 is 5.61. The van der Waals surface area contributed by atoms with Crippen LogP contribution < -0.4 is 10.6 Å². The fourth-order valence-corrected chi connectivity index (χ4v) is 1.48. The van der Waals surface area contributed by atoms with E-state index in [2.05, 4.69) is 4.98 Å². The predicted octanol–water partition coefficient (Wildman–Crippen LogP) is 2.02. The van der Waals surface area contributed by atoms with E-state index in [1.54, 1.807) is 11.9 Å². The molecule has 0 radical (unpaired) electrons. The molecule has 1 aromatic rings. The minimum absolute atomic E-state index is 0.0636.